The fourth-order valence-corrected chi connectivity index (χ4v) is 19.8. The SMILES string of the molecule is CCCCO[Si](C)(C)O[Si](C)(C)O[Si](C)(C)O[Si](C)(C)OCCCC. The molecule has 5 nitrogen and oxygen atoms in total. The van der Waals surface area contributed by atoms with Crippen molar-refractivity contribution in [3.8, 4) is 0 Å². The highest BCUT2D eigenvalue weighted by Gasteiger charge is 2.44. The molecule has 0 atom stereocenters. The Morgan fingerprint density at radius 3 is 1.04 bits per heavy atom. The van der Waals surface area contributed by atoms with Crippen LogP contribution in [0.3, 0.4) is 0 Å². The molecular formula is C16H42O5Si4. The van der Waals surface area contributed by atoms with Gasteiger partial charge in [0.1, 0.15) is 0 Å². The van der Waals surface area contributed by atoms with E-state index in [1.54, 1.807) is 0 Å². The summed E-state index contributed by atoms with van der Waals surface area (Å²) < 4.78 is 31.3. The monoisotopic (exact) mass is 426 g/mol. The third kappa shape index (κ3) is 13.5. The van der Waals surface area contributed by atoms with Gasteiger partial charge >= 0.3 is 34.2 Å². The van der Waals surface area contributed by atoms with E-state index in [0.29, 0.717) is 0 Å². The van der Waals surface area contributed by atoms with Crippen molar-refractivity contribution in [1.82, 2.24) is 0 Å². The van der Waals surface area contributed by atoms with E-state index in [4.69, 9.17) is 21.2 Å². The zero-order valence-electron chi connectivity index (χ0n) is 18.3. The van der Waals surface area contributed by atoms with E-state index in [-0.39, 0.29) is 0 Å². The van der Waals surface area contributed by atoms with Crippen LogP contribution in [0.5, 0.6) is 0 Å². The van der Waals surface area contributed by atoms with Gasteiger partial charge in [0.25, 0.3) is 0 Å². The predicted molar refractivity (Wildman–Crippen MR) is 115 cm³/mol. The minimum atomic E-state index is -2.33. The first-order valence-corrected chi connectivity index (χ1v) is 20.9. The molecule has 0 saturated heterocycles. The third-order valence-corrected chi connectivity index (χ3v) is 17.0. The molecule has 0 bridgehead atoms. The largest absolute Gasteiger partial charge is 0.416 e. The summed E-state index contributed by atoms with van der Waals surface area (Å²) in [4.78, 5) is 0. The Labute approximate surface area is 160 Å². The summed E-state index contributed by atoms with van der Waals surface area (Å²) >= 11 is 0. The van der Waals surface area contributed by atoms with Crippen LogP contribution in [-0.2, 0) is 21.2 Å². The number of hydrogen-bond acceptors (Lipinski definition) is 5. The Morgan fingerprint density at radius 2 is 0.760 bits per heavy atom. The quantitative estimate of drug-likeness (QED) is 0.272. The maximum absolute atomic E-state index is 6.45. The summed E-state index contributed by atoms with van der Waals surface area (Å²) in [6.07, 6.45) is 4.41. The van der Waals surface area contributed by atoms with E-state index in [9.17, 15) is 0 Å². The maximum Gasteiger partial charge on any atom is 0.322 e. The Hall–Kier alpha value is 0.668. The third-order valence-electron chi connectivity index (χ3n) is 3.37. The summed E-state index contributed by atoms with van der Waals surface area (Å²) in [6, 6.07) is 0. The first kappa shape index (κ1) is 25.7. The van der Waals surface area contributed by atoms with Gasteiger partial charge in [-0.2, -0.15) is 0 Å². The fourth-order valence-electron chi connectivity index (χ4n) is 2.80. The lowest BCUT2D eigenvalue weighted by Gasteiger charge is -2.40. The van der Waals surface area contributed by atoms with Crippen LogP contribution in [0.1, 0.15) is 39.5 Å². The summed E-state index contributed by atoms with van der Waals surface area (Å²) in [7, 11) is -9.02. The van der Waals surface area contributed by atoms with E-state index < -0.39 is 34.2 Å². The minimum Gasteiger partial charge on any atom is -0.416 e. The average molecular weight is 427 g/mol. The number of unbranched alkanes of at least 4 members (excludes halogenated alkanes) is 2. The van der Waals surface area contributed by atoms with Crippen molar-refractivity contribution in [3.63, 3.8) is 0 Å². The molecule has 0 aromatic rings. The standard InChI is InChI=1S/C16H42O5Si4/c1-11-13-15-17-22(3,4)19-24(7,8)21-25(9,10)20-23(5,6)18-16-14-12-2/h11-16H2,1-10H3. The summed E-state index contributed by atoms with van der Waals surface area (Å²) in [5.41, 5.74) is 0. The van der Waals surface area contributed by atoms with Gasteiger partial charge in [0.15, 0.2) is 0 Å². The van der Waals surface area contributed by atoms with Crippen LogP contribution in [0.4, 0.5) is 0 Å². The Bertz CT molecular complexity index is 342. The Balaban J connectivity index is 4.67. The molecule has 152 valence electrons. The van der Waals surface area contributed by atoms with Crippen molar-refractivity contribution in [2.24, 2.45) is 0 Å². The summed E-state index contributed by atoms with van der Waals surface area (Å²) in [5.74, 6) is 0. The molecule has 0 aromatic carbocycles. The maximum atomic E-state index is 6.45. The van der Waals surface area contributed by atoms with Gasteiger partial charge in [0.05, 0.1) is 0 Å². The van der Waals surface area contributed by atoms with Crippen molar-refractivity contribution in [3.05, 3.63) is 0 Å². The minimum absolute atomic E-state index is 0.767. The molecule has 0 amide bonds. The first-order valence-electron chi connectivity index (χ1n) is 9.62. The van der Waals surface area contributed by atoms with Gasteiger partial charge in [0.2, 0.25) is 0 Å². The normalized spacial score (nSPS) is 14.2. The topological polar surface area (TPSA) is 46.2 Å². The Kier molecular flexibility index (Phi) is 11.2. The van der Waals surface area contributed by atoms with Gasteiger partial charge in [-0.25, -0.2) is 0 Å². The lowest BCUT2D eigenvalue weighted by atomic mass is 10.4. The van der Waals surface area contributed by atoms with Crippen LogP contribution in [0.15, 0.2) is 0 Å². The van der Waals surface area contributed by atoms with Crippen LogP contribution in [-0.4, -0.2) is 47.5 Å². The first-order chi connectivity index (χ1) is 11.2. The van der Waals surface area contributed by atoms with E-state index in [1.165, 1.54) is 0 Å². The lowest BCUT2D eigenvalue weighted by Crippen LogP contribution is -2.57. The van der Waals surface area contributed by atoms with Gasteiger partial charge in [-0.1, -0.05) is 26.7 Å². The molecule has 0 heterocycles. The van der Waals surface area contributed by atoms with Crippen LogP contribution >= 0.6 is 0 Å². The van der Waals surface area contributed by atoms with Crippen LogP contribution in [0.2, 0.25) is 52.4 Å². The molecule has 0 aliphatic heterocycles. The molecule has 0 aliphatic carbocycles. The Morgan fingerprint density at radius 1 is 0.480 bits per heavy atom. The molecule has 0 spiro atoms. The van der Waals surface area contributed by atoms with Gasteiger partial charge in [-0.15, -0.1) is 0 Å². The molecule has 9 heteroatoms. The number of hydrogen-bond donors (Lipinski definition) is 0. The van der Waals surface area contributed by atoms with E-state index in [0.717, 1.165) is 38.9 Å². The molecule has 0 unspecified atom stereocenters. The summed E-state index contributed by atoms with van der Waals surface area (Å²) in [5, 5.41) is 0. The van der Waals surface area contributed by atoms with Crippen molar-refractivity contribution in [2.75, 3.05) is 13.2 Å². The summed E-state index contributed by atoms with van der Waals surface area (Å²) in [6.45, 7) is 22.6. The van der Waals surface area contributed by atoms with Crippen LogP contribution in [0, 0.1) is 0 Å². The lowest BCUT2D eigenvalue weighted by molar-refractivity contribution is 0.207. The molecule has 0 saturated carbocycles. The molecular weight excluding hydrogens is 385 g/mol. The molecule has 0 rings (SSSR count). The van der Waals surface area contributed by atoms with Crippen molar-refractivity contribution in [1.29, 1.82) is 0 Å². The molecule has 0 N–H and O–H groups in total. The molecule has 0 radical (unpaired) electrons. The zero-order chi connectivity index (χ0) is 19.8. The highest BCUT2D eigenvalue weighted by molar-refractivity contribution is 6.87. The van der Waals surface area contributed by atoms with Gasteiger partial charge in [-0.3, -0.25) is 0 Å². The van der Waals surface area contributed by atoms with Gasteiger partial charge in [0, 0.05) is 13.2 Å². The molecule has 0 aromatic heterocycles. The van der Waals surface area contributed by atoms with Crippen molar-refractivity contribution in [2.45, 2.75) is 91.9 Å². The second-order valence-electron chi connectivity index (χ2n) is 8.31. The van der Waals surface area contributed by atoms with E-state index in [2.05, 4.69) is 66.2 Å². The van der Waals surface area contributed by atoms with Crippen molar-refractivity contribution >= 4 is 34.2 Å². The van der Waals surface area contributed by atoms with Gasteiger partial charge < -0.3 is 21.2 Å². The predicted octanol–water partition coefficient (Wildman–Crippen LogP) is 5.48. The molecule has 25 heavy (non-hydrogen) atoms. The van der Waals surface area contributed by atoms with Gasteiger partial charge in [-0.05, 0) is 65.2 Å². The highest BCUT2D eigenvalue weighted by atomic mass is 28.5. The highest BCUT2D eigenvalue weighted by Crippen LogP contribution is 2.24. The van der Waals surface area contributed by atoms with E-state index >= 15 is 0 Å². The van der Waals surface area contributed by atoms with E-state index in [1.807, 2.05) is 0 Å². The fraction of sp³-hybridized carbons (Fsp3) is 1.00. The molecule has 0 fully saturated rings. The second kappa shape index (κ2) is 10.9. The van der Waals surface area contributed by atoms with Crippen LogP contribution < -0.4 is 0 Å². The smallest absolute Gasteiger partial charge is 0.322 e. The molecule has 0 aliphatic rings. The number of rotatable bonds is 14. The van der Waals surface area contributed by atoms with Crippen LogP contribution in [0.25, 0.3) is 0 Å². The zero-order valence-corrected chi connectivity index (χ0v) is 22.3. The second-order valence-corrected chi connectivity index (χ2v) is 22.5. The average Bonchev–Trinajstić information content (AvgIpc) is 2.34. The van der Waals surface area contributed by atoms with Crippen molar-refractivity contribution < 1.29 is 21.2 Å².